The number of hydrogen-bond donors (Lipinski definition) is 2. The fraction of sp³-hybridized carbons (Fsp3) is 0.217. The Balaban J connectivity index is 1.31. The largest absolute Gasteiger partial charge is 0.353 e. The van der Waals surface area contributed by atoms with Crippen LogP contribution in [0.3, 0.4) is 0 Å². The Labute approximate surface area is 199 Å². The average molecular weight is 480 g/mol. The molecule has 1 unspecified atom stereocenters. The standard InChI is InChI=1S/C23H21N5O5S/c1-23(16-7-3-2-4-8-16)20(31)28(21(32)26-23)14-18(29)25-10-11-27-19(30)17(34-22(27)33)12-15-6-5-9-24-13-15/h2-9,12-13H,10-11,14H2,1H3,(H,25,29)(H,26,32)/b17-12+. The first-order valence-corrected chi connectivity index (χ1v) is 11.2. The first kappa shape index (κ1) is 23.2. The first-order valence-electron chi connectivity index (χ1n) is 10.4. The van der Waals surface area contributed by atoms with E-state index in [9.17, 15) is 24.0 Å². The molecular weight excluding hydrogens is 458 g/mol. The van der Waals surface area contributed by atoms with Crippen molar-refractivity contribution in [3.63, 3.8) is 0 Å². The Morgan fingerprint density at radius 1 is 1.12 bits per heavy atom. The van der Waals surface area contributed by atoms with Gasteiger partial charge in [-0.05, 0) is 42.0 Å². The highest BCUT2D eigenvalue weighted by Crippen LogP contribution is 2.32. The van der Waals surface area contributed by atoms with Gasteiger partial charge >= 0.3 is 6.03 Å². The van der Waals surface area contributed by atoms with Crippen molar-refractivity contribution >= 4 is 46.8 Å². The van der Waals surface area contributed by atoms with Crippen LogP contribution in [0.2, 0.25) is 0 Å². The molecule has 6 amide bonds. The van der Waals surface area contributed by atoms with E-state index < -0.39 is 41.1 Å². The molecule has 0 radical (unpaired) electrons. The van der Waals surface area contributed by atoms with Crippen LogP contribution >= 0.6 is 11.8 Å². The molecule has 1 aromatic heterocycles. The number of nitrogens with zero attached hydrogens (tertiary/aromatic N) is 3. The van der Waals surface area contributed by atoms with Gasteiger partial charge in [0.25, 0.3) is 17.1 Å². The fourth-order valence-electron chi connectivity index (χ4n) is 3.62. The van der Waals surface area contributed by atoms with Crippen LogP contribution in [-0.4, -0.2) is 63.4 Å². The van der Waals surface area contributed by atoms with Gasteiger partial charge < -0.3 is 10.6 Å². The molecule has 2 aliphatic rings. The van der Waals surface area contributed by atoms with Crippen molar-refractivity contribution in [2.75, 3.05) is 19.6 Å². The monoisotopic (exact) mass is 479 g/mol. The molecule has 2 aromatic rings. The van der Waals surface area contributed by atoms with Crippen LogP contribution in [-0.2, 0) is 19.9 Å². The molecule has 34 heavy (non-hydrogen) atoms. The number of benzene rings is 1. The Bertz CT molecular complexity index is 1190. The summed E-state index contributed by atoms with van der Waals surface area (Å²) in [7, 11) is 0. The molecule has 0 saturated carbocycles. The van der Waals surface area contributed by atoms with Gasteiger partial charge in [-0.1, -0.05) is 36.4 Å². The molecule has 2 saturated heterocycles. The van der Waals surface area contributed by atoms with E-state index in [0.29, 0.717) is 11.1 Å². The molecule has 2 aliphatic heterocycles. The van der Waals surface area contributed by atoms with Crippen LogP contribution in [0.5, 0.6) is 0 Å². The van der Waals surface area contributed by atoms with Gasteiger partial charge in [-0.25, -0.2) is 4.79 Å². The van der Waals surface area contributed by atoms with Crippen LogP contribution in [0.4, 0.5) is 9.59 Å². The summed E-state index contributed by atoms with van der Waals surface area (Å²) in [4.78, 5) is 68.5. The quantitative estimate of drug-likeness (QED) is 0.457. The summed E-state index contributed by atoms with van der Waals surface area (Å²) in [6, 6.07) is 11.6. The first-order chi connectivity index (χ1) is 16.3. The maximum absolute atomic E-state index is 12.9. The second kappa shape index (κ2) is 9.48. The maximum Gasteiger partial charge on any atom is 0.325 e. The minimum Gasteiger partial charge on any atom is -0.353 e. The summed E-state index contributed by atoms with van der Waals surface area (Å²) in [5.41, 5.74) is 0.0358. The van der Waals surface area contributed by atoms with E-state index in [1.807, 2.05) is 0 Å². The number of imide groups is 2. The molecule has 2 fully saturated rings. The van der Waals surface area contributed by atoms with E-state index in [4.69, 9.17) is 0 Å². The van der Waals surface area contributed by atoms with Gasteiger partial charge in [0.2, 0.25) is 5.91 Å². The zero-order valence-electron chi connectivity index (χ0n) is 18.2. The predicted molar refractivity (Wildman–Crippen MR) is 124 cm³/mol. The van der Waals surface area contributed by atoms with Crippen molar-refractivity contribution in [1.82, 2.24) is 25.4 Å². The van der Waals surface area contributed by atoms with Crippen molar-refractivity contribution in [3.05, 3.63) is 70.9 Å². The Morgan fingerprint density at radius 3 is 2.59 bits per heavy atom. The van der Waals surface area contributed by atoms with E-state index >= 15 is 0 Å². The third-order valence-corrected chi connectivity index (χ3v) is 6.35. The van der Waals surface area contributed by atoms with E-state index in [-0.39, 0.29) is 18.0 Å². The van der Waals surface area contributed by atoms with Crippen molar-refractivity contribution in [3.8, 4) is 0 Å². The summed E-state index contributed by atoms with van der Waals surface area (Å²) in [5.74, 6) is -1.58. The van der Waals surface area contributed by atoms with Crippen LogP contribution < -0.4 is 10.6 Å². The normalized spacial score (nSPS) is 21.4. The van der Waals surface area contributed by atoms with Gasteiger partial charge in [0.15, 0.2) is 0 Å². The minimum absolute atomic E-state index is 0.0172. The lowest BCUT2D eigenvalue weighted by atomic mass is 9.92. The second-order valence-electron chi connectivity index (χ2n) is 7.78. The summed E-state index contributed by atoms with van der Waals surface area (Å²) < 4.78 is 0. The topological polar surface area (TPSA) is 129 Å². The Morgan fingerprint density at radius 2 is 1.88 bits per heavy atom. The Hall–Kier alpha value is -3.99. The summed E-state index contributed by atoms with van der Waals surface area (Å²) in [5, 5.41) is 4.75. The molecule has 10 nitrogen and oxygen atoms in total. The number of carbonyl (C=O) groups is 5. The number of carbonyl (C=O) groups excluding carboxylic acids is 5. The Kier molecular flexibility index (Phi) is 6.46. The second-order valence-corrected chi connectivity index (χ2v) is 8.78. The number of hydrogen-bond acceptors (Lipinski definition) is 7. The third-order valence-electron chi connectivity index (χ3n) is 5.44. The molecule has 3 heterocycles. The molecule has 0 aliphatic carbocycles. The lowest BCUT2D eigenvalue weighted by Gasteiger charge is -2.22. The van der Waals surface area contributed by atoms with Crippen LogP contribution in [0.1, 0.15) is 18.1 Å². The summed E-state index contributed by atoms with van der Waals surface area (Å²) in [6.07, 6.45) is 4.76. The molecular formula is C23H21N5O5S. The number of thioether (sulfide) groups is 1. The van der Waals surface area contributed by atoms with Gasteiger partial charge in [0.05, 0.1) is 4.91 Å². The van der Waals surface area contributed by atoms with Gasteiger partial charge in [-0.15, -0.1) is 0 Å². The highest BCUT2D eigenvalue weighted by molar-refractivity contribution is 8.18. The van der Waals surface area contributed by atoms with Crippen molar-refractivity contribution in [2.45, 2.75) is 12.5 Å². The van der Waals surface area contributed by atoms with Crippen molar-refractivity contribution < 1.29 is 24.0 Å². The molecule has 174 valence electrons. The molecule has 1 atom stereocenters. The SMILES string of the molecule is CC1(c2ccccc2)NC(=O)N(CC(=O)NCCN2C(=O)S/C(=C/c3cccnc3)C2=O)C1=O. The van der Waals surface area contributed by atoms with Gasteiger partial charge in [0.1, 0.15) is 12.1 Å². The van der Waals surface area contributed by atoms with E-state index in [1.165, 1.54) is 0 Å². The van der Waals surface area contributed by atoms with Gasteiger partial charge in [-0.2, -0.15) is 0 Å². The van der Waals surface area contributed by atoms with Crippen LogP contribution in [0.15, 0.2) is 59.8 Å². The molecule has 1 aromatic carbocycles. The summed E-state index contributed by atoms with van der Waals surface area (Å²) >= 11 is 0.812. The highest BCUT2D eigenvalue weighted by Gasteiger charge is 2.49. The molecule has 4 rings (SSSR count). The number of aromatic nitrogens is 1. The minimum atomic E-state index is -1.26. The lowest BCUT2D eigenvalue weighted by molar-refractivity contribution is -0.134. The smallest absolute Gasteiger partial charge is 0.325 e. The molecule has 0 spiro atoms. The van der Waals surface area contributed by atoms with Crippen LogP contribution in [0, 0.1) is 0 Å². The zero-order valence-corrected chi connectivity index (χ0v) is 19.0. The van der Waals surface area contributed by atoms with Gasteiger partial charge in [-0.3, -0.25) is 34.0 Å². The number of pyridine rings is 1. The molecule has 11 heteroatoms. The average Bonchev–Trinajstić information content (AvgIpc) is 3.22. The third kappa shape index (κ3) is 4.55. The zero-order chi connectivity index (χ0) is 24.3. The fourth-order valence-corrected chi connectivity index (χ4v) is 4.48. The number of urea groups is 1. The van der Waals surface area contributed by atoms with E-state index in [0.717, 1.165) is 21.6 Å². The summed E-state index contributed by atoms with van der Waals surface area (Å²) in [6.45, 7) is 1.05. The molecule has 2 N–H and O–H groups in total. The lowest BCUT2D eigenvalue weighted by Crippen LogP contribution is -2.44. The molecule has 0 bridgehead atoms. The van der Waals surface area contributed by atoms with Crippen molar-refractivity contribution in [1.29, 1.82) is 0 Å². The maximum atomic E-state index is 12.9. The van der Waals surface area contributed by atoms with E-state index in [1.54, 1.807) is 67.9 Å². The predicted octanol–water partition coefficient (Wildman–Crippen LogP) is 1.70. The number of nitrogens with one attached hydrogen (secondary N) is 2. The van der Waals surface area contributed by atoms with Gasteiger partial charge in [0, 0.05) is 25.5 Å². The number of amides is 6. The van der Waals surface area contributed by atoms with Crippen LogP contribution in [0.25, 0.3) is 6.08 Å². The van der Waals surface area contributed by atoms with Crippen molar-refractivity contribution in [2.24, 2.45) is 0 Å². The highest BCUT2D eigenvalue weighted by atomic mass is 32.2. The van der Waals surface area contributed by atoms with E-state index in [2.05, 4.69) is 15.6 Å². The number of rotatable bonds is 7.